The molecule has 1 amide bonds. The predicted molar refractivity (Wildman–Crippen MR) is 102 cm³/mol. The molecule has 3 fully saturated rings. The monoisotopic (exact) mass is 394 g/mol. The molecule has 154 valence electrons. The Morgan fingerprint density at radius 1 is 0.893 bits per heavy atom. The Morgan fingerprint density at radius 2 is 1.54 bits per heavy atom. The van der Waals surface area contributed by atoms with Crippen LogP contribution in [0.5, 0.6) is 0 Å². The van der Waals surface area contributed by atoms with Gasteiger partial charge in [0.1, 0.15) is 0 Å². The number of carbonyl (C=O) groups excluding carboxylic acids is 1. The summed E-state index contributed by atoms with van der Waals surface area (Å²) >= 11 is 0. The smallest absolute Gasteiger partial charge is 0.348 e. The highest BCUT2D eigenvalue weighted by Crippen LogP contribution is 2.43. The molecule has 0 aromatic heterocycles. The summed E-state index contributed by atoms with van der Waals surface area (Å²) in [6.07, 6.45) is 6.46. The molecule has 0 spiro atoms. The second-order valence-electron chi connectivity index (χ2n) is 8.69. The lowest BCUT2D eigenvalue weighted by Crippen LogP contribution is -2.53. The zero-order valence-electron chi connectivity index (χ0n) is 16.2. The fourth-order valence-corrected chi connectivity index (χ4v) is 4.82. The van der Waals surface area contributed by atoms with Crippen molar-refractivity contribution in [2.24, 2.45) is 0 Å². The van der Waals surface area contributed by atoms with Crippen LogP contribution in [0.1, 0.15) is 91.6 Å². The number of amides is 1. The standard InChI is InChI=1S/C22H29F3N2O/c23-22(24,25)15-11-12-17(18(13-15)14-9-10-14)21(28)27-20-8-4-3-7-19(20)26-16-5-1-2-6-16/h11-14,16,19-20,26H,1-10H2,(H,27,28)/t19-,20+/m0/s1. The minimum Gasteiger partial charge on any atom is -0.348 e. The number of hydrogen-bond donors (Lipinski definition) is 2. The van der Waals surface area contributed by atoms with Gasteiger partial charge in [-0.05, 0) is 68.2 Å². The maximum atomic E-state index is 13.1. The topological polar surface area (TPSA) is 41.1 Å². The Labute approximate surface area is 164 Å². The van der Waals surface area contributed by atoms with Crippen LogP contribution in [0, 0.1) is 0 Å². The van der Waals surface area contributed by atoms with Crippen LogP contribution in [0.25, 0.3) is 0 Å². The van der Waals surface area contributed by atoms with Crippen LogP contribution < -0.4 is 10.6 Å². The van der Waals surface area contributed by atoms with Gasteiger partial charge in [0, 0.05) is 23.7 Å². The summed E-state index contributed by atoms with van der Waals surface area (Å²) < 4.78 is 39.3. The third-order valence-electron chi connectivity index (χ3n) is 6.53. The van der Waals surface area contributed by atoms with E-state index >= 15 is 0 Å². The van der Waals surface area contributed by atoms with Crippen molar-refractivity contribution < 1.29 is 18.0 Å². The summed E-state index contributed by atoms with van der Waals surface area (Å²) in [4.78, 5) is 13.0. The average molecular weight is 394 g/mol. The number of carbonyl (C=O) groups is 1. The van der Waals surface area contributed by atoms with Gasteiger partial charge in [0.25, 0.3) is 5.91 Å². The minimum atomic E-state index is -4.38. The van der Waals surface area contributed by atoms with Crippen LogP contribution in [-0.4, -0.2) is 24.0 Å². The lowest BCUT2D eigenvalue weighted by atomic mass is 9.89. The Morgan fingerprint density at radius 3 is 2.18 bits per heavy atom. The average Bonchev–Trinajstić information content (AvgIpc) is 3.39. The summed E-state index contributed by atoms with van der Waals surface area (Å²) in [6, 6.07) is 4.44. The third-order valence-corrected chi connectivity index (χ3v) is 6.53. The second-order valence-corrected chi connectivity index (χ2v) is 8.69. The van der Waals surface area contributed by atoms with Gasteiger partial charge in [-0.1, -0.05) is 25.7 Å². The van der Waals surface area contributed by atoms with E-state index in [-0.39, 0.29) is 23.9 Å². The number of hydrogen-bond acceptors (Lipinski definition) is 2. The Hall–Kier alpha value is -1.56. The van der Waals surface area contributed by atoms with Gasteiger partial charge in [0.05, 0.1) is 5.56 Å². The summed E-state index contributed by atoms with van der Waals surface area (Å²) in [7, 11) is 0. The largest absolute Gasteiger partial charge is 0.416 e. The molecule has 3 aliphatic carbocycles. The van der Waals surface area contributed by atoms with Gasteiger partial charge in [-0.25, -0.2) is 0 Å². The van der Waals surface area contributed by atoms with Crippen molar-refractivity contribution in [2.75, 3.05) is 0 Å². The van der Waals surface area contributed by atoms with Crippen LogP contribution in [0.15, 0.2) is 18.2 Å². The molecule has 2 atom stereocenters. The molecule has 0 aliphatic heterocycles. The van der Waals surface area contributed by atoms with E-state index in [1.807, 2.05) is 0 Å². The van der Waals surface area contributed by atoms with E-state index in [1.54, 1.807) is 0 Å². The number of nitrogens with one attached hydrogen (secondary N) is 2. The third kappa shape index (κ3) is 4.53. The SMILES string of the molecule is O=C(N[C@@H]1CCCC[C@@H]1NC1CCCC1)c1ccc(C(F)(F)F)cc1C1CC1. The van der Waals surface area contributed by atoms with Crippen molar-refractivity contribution in [3.63, 3.8) is 0 Å². The fraction of sp³-hybridized carbons (Fsp3) is 0.682. The highest BCUT2D eigenvalue weighted by Gasteiger charge is 2.36. The quantitative estimate of drug-likeness (QED) is 0.725. The van der Waals surface area contributed by atoms with Crippen molar-refractivity contribution in [3.05, 3.63) is 34.9 Å². The van der Waals surface area contributed by atoms with Crippen molar-refractivity contribution in [1.82, 2.24) is 10.6 Å². The first-order chi connectivity index (χ1) is 13.4. The maximum absolute atomic E-state index is 13.1. The molecule has 1 aromatic rings. The molecule has 0 heterocycles. The lowest BCUT2D eigenvalue weighted by Gasteiger charge is -2.35. The molecular formula is C22H29F3N2O. The molecule has 3 nitrogen and oxygen atoms in total. The Balaban J connectivity index is 1.48. The summed E-state index contributed by atoms with van der Waals surface area (Å²) in [6.45, 7) is 0. The van der Waals surface area contributed by atoms with Crippen molar-refractivity contribution >= 4 is 5.91 Å². The van der Waals surface area contributed by atoms with Crippen LogP contribution in [0.3, 0.4) is 0 Å². The molecule has 0 saturated heterocycles. The van der Waals surface area contributed by atoms with Crippen molar-refractivity contribution in [3.8, 4) is 0 Å². The van der Waals surface area contributed by atoms with E-state index in [0.717, 1.165) is 44.6 Å². The van der Waals surface area contributed by atoms with Gasteiger partial charge in [-0.15, -0.1) is 0 Å². The van der Waals surface area contributed by atoms with E-state index in [1.165, 1.54) is 37.8 Å². The molecular weight excluding hydrogens is 365 g/mol. The molecule has 3 saturated carbocycles. The van der Waals surface area contributed by atoms with Crippen LogP contribution in [0.4, 0.5) is 13.2 Å². The van der Waals surface area contributed by atoms with E-state index in [9.17, 15) is 18.0 Å². The van der Waals surface area contributed by atoms with Crippen LogP contribution in [0.2, 0.25) is 0 Å². The van der Waals surface area contributed by atoms with Crippen LogP contribution >= 0.6 is 0 Å². The highest BCUT2D eigenvalue weighted by atomic mass is 19.4. The second kappa shape index (κ2) is 8.05. The zero-order valence-corrected chi connectivity index (χ0v) is 16.2. The number of halogens is 3. The molecule has 28 heavy (non-hydrogen) atoms. The molecule has 2 N–H and O–H groups in total. The molecule has 0 radical (unpaired) electrons. The predicted octanol–water partition coefficient (Wildman–Crippen LogP) is 5.16. The minimum absolute atomic E-state index is 0.0520. The van der Waals surface area contributed by atoms with Gasteiger partial charge in [-0.3, -0.25) is 4.79 Å². The van der Waals surface area contributed by atoms with Gasteiger partial charge in [0.15, 0.2) is 0 Å². The first kappa shape index (κ1) is 19.7. The normalized spacial score (nSPS) is 26.4. The highest BCUT2D eigenvalue weighted by molar-refractivity contribution is 5.96. The molecule has 1 aromatic carbocycles. The number of benzene rings is 1. The van der Waals surface area contributed by atoms with E-state index in [2.05, 4.69) is 10.6 Å². The zero-order chi connectivity index (χ0) is 19.7. The van der Waals surface area contributed by atoms with Gasteiger partial charge < -0.3 is 10.6 Å². The van der Waals surface area contributed by atoms with Crippen molar-refractivity contribution in [1.29, 1.82) is 0 Å². The number of rotatable bonds is 5. The van der Waals surface area contributed by atoms with E-state index in [0.29, 0.717) is 17.2 Å². The first-order valence-electron chi connectivity index (χ1n) is 10.7. The fourth-order valence-electron chi connectivity index (χ4n) is 4.82. The summed E-state index contributed by atoms with van der Waals surface area (Å²) in [5.41, 5.74) is 0.313. The summed E-state index contributed by atoms with van der Waals surface area (Å²) in [5.74, 6) is -0.137. The molecule has 0 bridgehead atoms. The molecule has 6 heteroatoms. The molecule has 0 unspecified atom stereocenters. The summed E-state index contributed by atoms with van der Waals surface area (Å²) in [5, 5.41) is 6.90. The molecule has 3 aliphatic rings. The van der Waals surface area contributed by atoms with E-state index in [4.69, 9.17) is 0 Å². The lowest BCUT2D eigenvalue weighted by molar-refractivity contribution is -0.137. The van der Waals surface area contributed by atoms with Gasteiger partial charge in [0.2, 0.25) is 0 Å². The first-order valence-corrected chi connectivity index (χ1v) is 10.7. The number of alkyl halides is 3. The van der Waals surface area contributed by atoms with Gasteiger partial charge in [-0.2, -0.15) is 13.2 Å². The molecule has 4 rings (SSSR count). The van der Waals surface area contributed by atoms with E-state index < -0.39 is 11.7 Å². The Kier molecular flexibility index (Phi) is 5.68. The van der Waals surface area contributed by atoms with Crippen LogP contribution in [-0.2, 0) is 6.18 Å². The van der Waals surface area contributed by atoms with Crippen molar-refractivity contribution in [2.45, 2.75) is 94.4 Å². The van der Waals surface area contributed by atoms with Gasteiger partial charge >= 0.3 is 6.18 Å². The maximum Gasteiger partial charge on any atom is 0.416 e. The Bertz CT molecular complexity index is 708.